The maximum absolute atomic E-state index is 12.0. The van der Waals surface area contributed by atoms with Gasteiger partial charge in [-0.2, -0.15) is 0 Å². The Balaban J connectivity index is 1.96. The SMILES string of the molecule is CC(=O)N[C@H]1C(OCCCCCC(=O)OCc2ccccc2)O[C@H](COC(C)=O)[C@H](OC(C)=O)[C@@H]1OC(C)=O. The second-order valence-corrected chi connectivity index (χ2v) is 9.05. The fourth-order valence-electron chi connectivity index (χ4n) is 3.99. The van der Waals surface area contributed by atoms with Gasteiger partial charge in [0.15, 0.2) is 18.5 Å². The van der Waals surface area contributed by atoms with Crippen LogP contribution in [0.5, 0.6) is 0 Å². The van der Waals surface area contributed by atoms with Crippen molar-refractivity contribution in [3.05, 3.63) is 35.9 Å². The molecule has 0 bridgehead atoms. The van der Waals surface area contributed by atoms with Crippen molar-refractivity contribution >= 4 is 29.8 Å². The van der Waals surface area contributed by atoms with Gasteiger partial charge in [0.05, 0.1) is 0 Å². The molecule has 1 aliphatic rings. The highest BCUT2D eigenvalue weighted by Gasteiger charge is 2.51. The number of hydrogen-bond acceptors (Lipinski definition) is 11. The minimum atomic E-state index is -1.18. The quantitative estimate of drug-likeness (QED) is 0.205. The third kappa shape index (κ3) is 11.8. The third-order valence-corrected chi connectivity index (χ3v) is 5.62. The number of esters is 4. The van der Waals surface area contributed by atoms with Crippen LogP contribution >= 0.6 is 0 Å². The number of ether oxygens (including phenoxy) is 6. The molecule has 1 aromatic carbocycles. The molecular weight excluding hydrogens is 514 g/mol. The Bertz CT molecular complexity index is 968. The zero-order valence-electron chi connectivity index (χ0n) is 22.7. The molecule has 1 heterocycles. The molecular formula is C27H37NO11. The molecule has 0 radical (unpaired) electrons. The molecule has 12 heteroatoms. The van der Waals surface area contributed by atoms with Crippen molar-refractivity contribution in [3.63, 3.8) is 0 Å². The summed E-state index contributed by atoms with van der Waals surface area (Å²) >= 11 is 0. The predicted molar refractivity (Wildman–Crippen MR) is 135 cm³/mol. The van der Waals surface area contributed by atoms with Crippen LogP contribution in [0.1, 0.15) is 58.9 Å². The van der Waals surface area contributed by atoms with Crippen LogP contribution in [0.25, 0.3) is 0 Å². The Hall–Kier alpha value is -3.51. The summed E-state index contributed by atoms with van der Waals surface area (Å²) in [6.07, 6.45) is -2.45. The molecule has 1 amide bonds. The maximum Gasteiger partial charge on any atom is 0.306 e. The number of hydrogen-bond donors (Lipinski definition) is 1. The van der Waals surface area contributed by atoms with Crippen molar-refractivity contribution in [2.45, 2.75) is 90.6 Å². The van der Waals surface area contributed by atoms with Crippen molar-refractivity contribution in [3.8, 4) is 0 Å². The fraction of sp³-hybridized carbons (Fsp3) is 0.593. The van der Waals surface area contributed by atoms with Gasteiger partial charge in [0, 0.05) is 40.7 Å². The lowest BCUT2D eigenvalue weighted by Crippen LogP contribution is -2.66. The Morgan fingerprint density at radius 3 is 2.10 bits per heavy atom. The summed E-state index contributed by atoms with van der Waals surface area (Å²) in [5.74, 6) is -2.71. The number of carbonyl (C=O) groups excluding carboxylic acids is 5. The summed E-state index contributed by atoms with van der Waals surface area (Å²) < 4.78 is 32.9. The van der Waals surface area contributed by atoms with Crippen LogP contribution in [0.15, 0.2) is 30.3 Å². The van der Waals surface area contributed by atoms with E-state index in [0.29, 0.717) is 19.3 Å². The summed E-state index contributed by atoms with van der Waals surface area (Å²) in [5, 5.41) is 2.64. The molecule has 2 rings (SSSR count). The molecule has 1 N–H and O–H groups in total. The van der Waals surface area contributed by atoms with Gasteiger partial charge in [-0.25, -0.2) is 0 Å². The minimum Gasteiger partial charge on any atom is -0.463 e. The van der Waals surface area contributed by atoms with Crippen molar-refractivity contribution in [2.75, 3.05) is 13.2 Å². The smallest absolute Gasteiger partial charge is 0.306 e. The van der Waals surface area contributed by atoms with Crippen molar-refractivity contribution < 1.29 is 52.4 Å². The Labute approximate surface area is 227 Å². The molecule has 39 heavy (non-hydrogen) atoms. The van der Waals surface area contributed by atoms with E-state index in [9.17, 15) is 24.0 Å². The van der Waals surface area contributed by atoms with E-state index in [0.717, 1.165) is 5.56 Å². The van der Waals surface area contributed by atoms with E-state index in [-0.39, 0.29) is 32.2 Å². The number of carbonyl (C=O) groups is 5. The molecule has 1 saturated heterocycles. The Morgan fingerprint density at radius 2 is 1.49 bits per heavy atom. The molecule has 1 aliphatic heterocycles. The lowest BCUT2D eigenvalue weighted by atomic mass is 9.96. The van der Waals surface area contributed by atoms with E-state index >= 15 is 0 Å². The highest BCUT2D eigenvalue weighted by atomic mass is 16.7. The van der Waals surface area contributed by atoms with Crippen LogP contribution in [0.2, 0.25) is 0 Å². The number of benzene rings is 1. The third-order valence-electron chi connectivity index (χ3n) is 5.62. The number of rotatable bonds is 14. The summed E-state index contributed by atoms with van der Waals surface area (Å²) in [6, 6.07) is 8.38. The largest absolute Gasteiger partial charge is 0.463 e. The molecule has 0 spiro atoms. The predicted octanol–water partition coefficient (Wildman–Crippen LogP) is 1.96. The van der Waals surface area contributed by atoms with Crippen LogP contribution in [0.3, 0.4) is 0 Å². The van der Waals surface area contributed by atoms with Crippen LogP contribution in [-0.2, 0) is 59.0 Å². The van der Waals surface area contributed by atoms with E-state index in [4.69, 9.17) is 28.4 Å². The van der Waals surface area contributed by atoms with Crippen LogP contribution < -0.4 is 5.32 Å². The first-order valence-corrected chi connectivity index (χ1v) is 12.8. The average Bonchev–Trinajstić information content (AvgIpc) is 2.86. The highest BCUT2D eigenvalue weighted by molar-refractivity contribution is 5.73. The second kappa shape index (κ2) is 16.5. The van der Waals surface area contributed by atoms with Crippen molar-refractivity contribution in [1.82, 2.24) is 5.32 Å². The van der Waals surface area contributed by atoms with Crippen molar-refractivity contribution in [2.24, 2.45) is 0 Å². The van der Waals surface area contributed by atoms with Crippen LogP contribution in [0, 0.1) is 0 Å². The zero-order chi connectivity index (χ0) is 28.8. The first kappa shape index (κ1) is 31.7. The Morgan fingerprint density at radius 1 is 0.821 bits per heavy atom. The maximum atomic E-state index is 12.0. The van der Waals surface area contributed by atoms with E-state index in [1.54, 1.807) is 0 Å². The van der Waals surface area contributed by atoms with Gasteiger partial charge in [-0.05, 0) is 18.4 Å². The molecule has 5 atom stereocenters. The normalized spacial score (nSPS) is 22.3. The molecule has 12 nitrogen and oxygen atoms in total. The molecule has 1 aromatic rings. The van der Waals surface area contributed by atoms with Crippen molar-refractivity contribution in [1.29, 1.82) is 0 Å². The molecule has 216 valence electrons. The van der Waals surface area contributed by atoms with Gasteiger partial charge in [0.25, 0.3) is 0 Å². The molecule has 1 fully saturated rings. The fourth-order valence-corrected chi connectivity index (χ4v) is 3.99. The Kier molecular flexibility index (Phi) is 13.4. The minimum absolute atomic E-state index is 0.186. The number of nitrogens with one attached hydrogen (secondary N) is 1. The zero-order valence-corrected chi connectivity index (χ0v) is 22.7. The summed E-state index contributed by atoms with van der Waals surface area (Å²) in [4.78, 5) is 59.0. The topological polar surface area (TPSA) is 153 Å². The first-order chi connectivity index (χ1) is 18.6. The summed E-state index contributed by atoms with van der Waals surface area (Å²) in [5.41, 5.74) is 0.912. The monoisotopic (exact) mass is 551 g/mol. The van der Waals surface area contributed by atoms with Gasteiger partial charge in [-0.3, -0.25) is 24.0 Å². The number of amides is 1. The van der Waals surface area contributed by atoms with Gasteiger partial charge in [-0.15, -0.1) is 0 Å². The van der Waals surface area contributed by atoms with E-state index in [2.05, 4.69) is 5.32 Å². The van der Waals surface area contributed by atoms with E-state index < -0.39 is 54.5 Å². The first-order valence-electron chi connectivity index (χ1n) is 12.8. The summed E-state index contributed by atoms with van der Waals surface area (Å²) in [7, 11) is 0. The molecule has 1 unspecified atom stereocenters. The van der Waals surface area contributed by atoms with Crippen LogP contribution in [-0.4, -0.2) is 73.6 Å². The second-order valence-electron chi connectivity index (χ2n) is 9.05. The lowest BCUT2D eigenvalue weighted by molar-refractivity contribution is -0.277. The van der Waals surface area contributed by atoms with Crippen LogP contribution in [0.4, 0.5) is 0 Å². The molecule has 0 aliphatic carbocycles. The van der Waals surface area contributed by atoms with E-state index in [1.807, 2.05) is 30.3 Å². The number of unbranched alkanes of at least 4 members (excludes halogenated alkanes) is 2. The lowest BCUT2D eigenvalue weighted by Gasteiger charge is -2.44. The summed E-state index contributed by atoms with van der Waals surface area (Å²) in [6.45, 7) is 4.92. The van der Waals surface area contributed by atoms with E-state index in [1.165, 1.54) is 27.7 Å². The standard InChI is InChI=1S/C27H37NO11/c1-17(29)28-24-26(38-20(4)32)25(37-19(3)31)22(16-35-18(2)30)39-27(24)34-14-10-6-9-13-23(33)36-15-21-11-7-5-8-12-21/h5,7-8,11-12,22,24-27H,6,9-10,13-16H2,1-4H3,(H,28,29)/t22-,24-,25+,26-,27?/m1/s1. The van der Waals surface area contributed by atoms with Gasteiger partial charge in [-0.1, -0.05) is 36.8 Å². The van der Waals surface area contributed by atoms with Gasteiger partial charge in [0.2, 0.25) is 5.91 Å². The van der Waals surface area contributed by atoms with Gasteiger partial charge < -0.3 is 33.7 Å². The highest BCUT2D eigenvalue weighted by Crippen LogP contribution is 2.28. The van der Waals surface area contributed by atoms with Gasteiger partial charge >= 0.3 is 23.9 Å². The molecule has 0 aromatic heterocycles. The van der Waals surface area contributed by atoms with Gasteiger partial charge in [0.1, 0.15) is 25.4 Å². The molecule has 0 saturated carbocycles. The average molecular weight is 552 g/mol.